The second kappa shape index (κ2) is 5.83. The number of rotatable bonds is 2. The highest BCUT2D eigenvalue weighted by Gasteiger charge is 2.36. The van der Waals surface area contributed by atoms with Crippen LogP contribution < -0.4 is 0 Å². The molecule has 1 heterocycles. The molecule has 1 aromatic rings. The van der Waals surface area contributed by atoms with Crippen molar-refractivity contribution in [2.75, 3.05) is 19.7 Å². The van der Waals surface area contributed by atoms with Crippen LogP contribution in [0.2, 0.25) is 0 Å². The largest absolute Gasteiger partial charge is 0.416 e. The average molecular weight is 287 g/mol. The second-order valence-corrected chi connectivity index (χ2v) is 4.64. The number of hydrogen-bond acceptors (Lipinski definition) is 2. The molecule has 1 aromatic carbocycles. The fourth-order valence-corrected chi connectivity index (χ4v) is 2.32. The van der Waals surface area contributed by atoms with Crippen molar-refractivity contribution in [1.29, 1.82) is 0 Å². The Hall–Kier alpha value is -1.56. The van der Waals surface area contributed by atoms with Crippen molar-refractivity contribution < 1.29 is 22.7 Å². The van der Waals surface area contributed by atoms with Gasteiger partial charge in [-0.15, -0.1) is 0 Å². The molecule has 0 radical (unpaired) electrons. The molecule has 0 aromatic heterocycles. The Morgan fingerprint density at radius 1 is 1.40 bits per heavy atom. The summed E-state index contributed by atoms with van der Waals surface area (Å²) >= 11 is 0. The summed E-state index contributed by atoms with van der Waals surface area (Å²) in [6.45, 7) is 2.58. The number of hydrogen-bond donors (Lipinski definition) is 0. The van der Waals surface area contributed by atoms with E-state index in [9.17, 15) is 18.0 Å². The Morgan fingerprint density at radius 3 is 2.75 bits per heavy atom. The van der Waals surface area contributed by atoms with Gasteiger partial charge in [0.2, 0.25) is 5.91 Å². The minimum atomic E-state index is -4.42. The Morgan fingerprint density at radius 2 is 2.10 bits per heavy atom. The van der Waals surface area contributed by atoms with E-state index in [1.165, 1.54) is 12.1 Å². The van der Waals surface area contributed by atoms with E-state index in [-0.39, 0.29) is 24.6 Å². The lowest BCUT2D eigenvalue weighted by atomic mass is 10.0. The van der Waals surface area contributed by atoms with Gasteiger partial charge in [-0.25, -0.2) is 0 Å². The lowest BCUT2D eigenvalue weighted by Gasteiger charge is -2.34. The molecule has 1 atom stereocenters. The summed E-state index contributed by atoms with van der Waals surface area (Å²) in [5, 5.41) is 0. The standard InChI is InChI=1S/C14H16F3NO2/c1-2-13(19)18-7-8-20-12(9-18)10-5-3-4-6-11(10)14(15,16)17/h3-6,12H,2,7-9H2,1H3/t12-/m0/s1. The third kappa shape index (κ3) is 3.12. The highest BCUT2D eigenvalue weighted by atomic mass is 19.4. The Balaban J connectivity index is 2.26. The highest BCUT2D eigenvalue weighted by Crippen LogP contribution is 2.36. The first kappa shape index (κ1) is 14.8. The molecule has 1 amide bonds. The van der Waals surface area contributed by atoms with E-state index in [0.29, 0.717) is 13.0 Å². The van der Waals surface area contributed by atoms with Crippen LogP contribution in [0.1, 0.15) is 30.6 Å². The highest BCUT2D eigenvalue weighted by molar-refractivity contribution is 5.76. The topological polar surface area (TPSA) is 29.5 Å². The molecule has 1 aliphatic rings. The Bertz CT molecular complexity index is 488. The van der Waals surface area contributed by atoms with E-state index in [1.54, 1.807) is 17.9 Å². The first-order chi connectivity index (χ1) is 9.43. The number of ether oxygens (including phenoxy) is 1. The number of amides is 1. The van der Waals surface area contributed by atoms with Gasteiger partial charge >= 0.3 is 6.18 Å². The van der Waals surface area contributed by atoms with Crippen molar-refractivity contribution in [2.24, 2.45) is 0 Å². The van der Waals surface area contributed by atoms with Crippen LogP contribution in [0.3, 0.4) is 0 Å². The van der Waals surface area contributed by atoms with E-state index >= 15 is 0 Å². The molecule has 1 fully saturated rings. The zero-order valence-corrected chi connectivity index (χ0v) is 11.1. The van der Waals surface area contributed by atoms with Gasteiger partial charge in [-0.3, -0.25) is 4.79 Å². The van der Waals surface area contributed by atoms with Crippen LogP contribution >= 0.6 is 0 Å². The molecule has 1 aliphatic heterocycles. The van der Waals surface area contributed by atoms with Gasteiger partial charge in [0.25, 0.3) is 0 Å². The maximum absolute atomic E-state index is 13.0. The SMILES string of the molecule is CCC(=O)N1CCO[C@H](c2ccccc2C(F)(F)F)C1. The van der Waals surface area contributed by atoms with Gasteiger partial charge in [-0.05, 0) is 11.6 Å². The monoisotopic (exact) mass is 287 g/mol. The number of carbonyl (C=O) groups excluding carboxylic acids is 1. The maximum atomic E-state index is 13.0. The molecule has 0 unspecified atom stereocenters. The minimum Gasteiger partial charge on any atom is -0.370 e. The van der Waals surface area contributed by atoms with Gasteiger partial charge in [0.05, 0.1) is 18.7 Å². The van der Waals surface area contributed by atoms with Crippen LogP contribution in [-0.2, 0) is 15.7 Å². The number of alkyl halides is 3. The van der Waals surface area contributed by atoms with Gasteiger partial charge in [-0.1, -0.05) is 25.1 Å². The van der Waals surface area contributed by atoms with Gasteiger partial charge in [-0.2, -0.15) is 13.2 Å². The van der Waals surface area contributed by atoms with Gasteiger partial charge in [0, 0.05) is 13.0 Å². The molecule has 20 heavy (non-hydrogen) atoms. The predicted octanol–water partition coefficient (Wildman–Crippen LogP) is 3.02. The summed E-state index contributed by atoms with van der Waals surface area (Å²) in [5.74, 6) is -0.0669. The quantitative estimate of drug-likeness (QED) is 0.837. The molecule has 6 heteroatoms. The molecule has 0 aliphatic carbocycles. The van der Waals surface area contributed by atoms with E-state index in [2.05, 4.69) is 0 Å². The molecule has 1 saturated heterocycles. The molecule has 110 valence electrons. The Labute approximate surface area is 115 Å². The summed E-state index contributed by atoms with van der Waals surface area (Å²) in [4.78, 5) is 13.2. The zero-order chi connectivity index (χ0) is 14.8. The number of carbonyl (C=O) groups is 1. The first-order valence-electron chi connectivity index (χ1n) is 6.49. The lowest BCUT2D eigenvalue weighted by Crippen LogP contribution is -2.42. The number of benzene rings is 1. The molecule has 2 rings (SSSR count). The third-order valence-corrected chi connectivity index (χ3v) is 3.33. The van der Waals surface area contributed by atoms with Crippen LogP contribution in [0.4, 0.5) is 13.2 Å². The van der Waals surface area contributed by atoms with Crippen molar-refractivity contribution >= 4 is 5.91 Å². The fraction of sp³-hybridized carbons (Fsp3) is 0.500. The van der Waals surface area contributed by atoms with E-state index in [4.69, 9.17) is 4.74 Å². The summed E-state index contributed by atoms with van der Waals surface area (Å²) < 4.78 is 44.4. The van der Waals surface area contributed by atoms with Gasteiger partial charge in [0.1, 0.15) is 6.10 Å². The van der Waals surface area contributed by atoms with Crippen molar-refractivity contribution in [1.82, 2.24) is 4.90 Å². The predicted molar refractivity (Wildman–Crippen MR) is 67.0 cm³/mol. The Kier molecular flexibility index (Phi) is 4.32. The minimum absolute atomic E-state index is 0.0669. The van der Waals surface area contributed by atoms with Crippen LogP contribution in [0.5, 0.6) is 0 Å². The summed E-state index contributed by atoms with van der Waals surface area (Å²) in [6, 6.07) is 5.35. The molecular weight excluding hydrogens is 271 g/mol. The summed E-state index contributed by atoms with van der Waals surface area (Å²) in [5.41, 5.74) is -0.607. The number of nitrogens with zero attached hydrogens (tertiary/aromatic N) is 1. The van der Waals surface area contributed by atoms with Crippen LogP contribution in [-0.4, -0.2) is 30.5 Å². The van der Waals surface area contributed by atoms with Gasteiger partial charge in [0.15, 0.2) is 0 Å². The van der Waals surface area contributed by atoms with Crippen molar-refractivity contribution in [3.63, 3.8) is 0 Å². The molecular formula is C14H16F3NO2. The van der Waals surface area contributed by atoms with Crippen molar-refractivity contribution in [2.45, 2.75) is 25.6 Å². The van der Waals surface area contributed by atoms with Crippen LogP contribution in [0, 0.1) is 0 Å². The fourth-order valence-electron chi connectivity index (χ4n) is 2.32. The molecule has 0 spiro atoms. The normalized spacial score (nSPS) is 20.0. The van der Waals surface area contributed by atoms with Gasteiger partial charge < -0.3 is 9.64 Å². The number of morpholine rings is 1. The zero-order valence-electron chi connectivity index (χ0n) is 11.1. The van der Waals surface area contributed by atoms with E-state index in [0.717, 1.165) is 6.07 Å². The first-order valence-corrected chi connectivity index (χ1v) is 6.49. The van der Waals surface area contributed by atoms with Crippen LogP contribution in [0.25, 0.3) is 0 Å². The lowest BCUT2D eigenvalue weighted by molar-refractivity contribution is -0.143. The van der Waals surface area contributed by atoms with Crippen molar-refractivity contribution in [3.05, 3.63) is 35.4 Å². The molecule has 0 N–H and O–H groups in total. The smallest absolute Gasteiger partial charge is 0.370 e. The summed E-state index contributed by atoms with van der Waals surface area (Å²) in [7, 11) is 0. The molecule has 0 saturated carbocycles. The average Bonchev–Trinajstić information content (AvgIpc) is 2.45. The van der Waals surface area contributed by atoms with Crippen molar-refractivity contribution in [3.8, 4) is 0 Å². The van der Waals surface area contributed by atoms with E-state index in [1.807, 2.05) is 0 Å². The van der Waals surface area contributed by atoms with Crippen LogP contribution in [0.15, 0.2) is 24.3 Å². The summed E-state index contributed by atoms with van der Waals surface area (Å²) in [6.07, 6.45) is -4.80. The van der Waals surface area contributed by atoms with E-state index < -0.39 is 17.8 Å². The molecule has 0 bridgehead atoms. The third-order valence-electron chi connectivity index (χ3n) is 3.33. The number of halogens is 3. The second-order valence-electron chi connectivity index (χ2n) is 4.64. The maximum Gasteiger partial charge on any atom is 0.416 e. The molecule has 3 nitrogen and oxygen atoms in total.